The second kappa shape index (κ2) is 7.31. The summed E-state index contributed by atoms with van der Waals surface area (Å²) in [5.74, 6) is -5.35. The van der Waals surface area contributed by atoms with Crippen molar-refractivity contribution in [1.82, 2.24) is 4.98 Å². The Morgan fingerprint density at radius 3 is 2.37 bits per heavy atom. The lowest BCUT2D eigenvalue weighted by Crippen LogP contribution is -2.28. The fraction of sp³-hybridized carbons (Fsp3) is 0.263. The predicted molar refractivity (Wildman–Crippen MR) is 105 cm³/mol. The molecule has 0 aliphatic heterocycles. The van der Waals surface area contributed by atoms with Gasteiger partial charge in [0.25, 0.3) is 11.8 Å². The molecule has 3 aromatic rings. The highest BCUT2D eigenvalue weighted by Gasteiger charge is 2.34. The number of alkyl halides is 2. The molecule has 160 valence electrons. The van der Waals surface area contributed by atoms with E-state index in [2.05, 4.69) is 4.98 Å². The topological polar surface area (TPSA) is 106 Å². The number of carbonyl (C=O) groups is 1. The first kappa shape index (κ1) is 21.6. The molecule has 0 bridgehead atoms. The number of primary amides is 1. The van der Waals surface area contributed by atoms with Crippen molar-refractivity contribution >= 4 is 32.8 Å². The highest BCUT2D eigenvalue weighted by atomic mass is 32.2. The number of fused-ring (bicyclic) bond motifs is 1. The molecule has 7 nitrogen and oxygen atoms in total. The summed E-state index contributed by atoms with van der Waals surface area (Å²) in [7, 11) is -2.83. The Labute approximate surface area is 170 Å². The number of hydrogen-bond acceptors (Lipinski definition) is 5. The number of nitrogens with zero attached hydrogens (tertiary/aromatic N) is 2. The first-order chi connectivity index (χ1) is 13.8. The van der Waals surface area contributed by atoms with Crippen LogP contribution in [0.2, 0.25) is 0 Å². The number of amides is 1. The van der Waals surface area contributed by atoms with Crippen LogP contribution in [0.15, 0.2) is 34.7 Å². The second-order valence-corrected chi connectivity index (χ2v) is 8.91. The minimum atomic E-state index is -3.91. The highest BCUT2D eigenvalue weighted by Crippen LogP contribution is 2.38. The normalized spacial score (nSPS) is 12.3. The average Bonchev–Trinajstić information content (AvgIpc) is 2.97. The van der Waals surface area contributed by atoms with Crippen molar-refractivity contribution in [2.45, 2.75) is 19.3 Å². The Morgan fingerprint density at radius 1 is 1.27 bits per heavy atom. The van der Waals surface area contributed by atoms with E-state index in [0.717, 1.165) is 19.4 Å². The fourth-order valence-electron chi connectivity index (χ4n) is 2.96. The summed E-state index contributed by atoms with van der Waals surface area (Å²) < 4.78 is 71.7. The molecule has 0 aliphatic carbocycles. The zero-order valence-electron chi connectivity index (χ0n) is 16.2. The molecule has 1 amide bonds. The molecule has 1 aromatic carbocycles. The maximum Gasteiger partial charge on any atom is 0.274 e. The number of hydrogen-bond donors (Lipinski definition) is 1. The molecule has 0 saturated carbocycles. The van der Waals surface area contributed by atoms with E-state index in [0.29, 0.717) is 16.8 Å². The number of aromatic nitrogens is 1. The third-order valence-electron chi connectivity index (χ3n) is 4.53. The maximum atomic E-state index is 14.3. The van der Waals surface area contributed by atoms with Gasteiger partial charge in [0.1, 0.15) is 11.6 Å². The van der Waals surface area contributed by atoms with Gasteiger partial charge in [0.2, 0.25) is 15.7 Å². The number of benzene rings is 1. The lowest BCUT2D eigenvalue weighted by molar-refractivity contribution is 0.0179. The van der Waals surface area contributed by atoms with Crippen LogP contribution in [-0.2, 0) is 22.4 Å². The molecule has 0 saturated heterocycles. The van der Waals surface area contributed by atoms with Crippen LogP contribution >= 0.6 is 0 Å². The maximum absolute atomic E-state index is 14.3. The fourth-order valence-corrected chi connectivity index (χ4v) is 3.42. The van der Waals surface area contributed by atoms with Crippen molar-refractivity contribution in [1.29, 1.82) is 0 Å². The molecule has 0 unspecified atom stereocenters. The van der Waals surface area contributed by atoms with Crippen molar-refractivity contribution in [3.05, 3.63) is 58.6 Å². The molecule has 3 rings (SSSR count). The summed E-state index contributed by atoms with van der Waals surface area (Å²) in [4.78, 5) is 16.0. The lowest BCUT2D eigenvalue weighted by Gasteiger charge is -2.21. The number of anilines is 1. The first-order valence-electron chi connectivity index (χ1n) is 8.62. The summed E-state index contributed by atoms with van der Waals surface area (Å²) in [6.07, 6.45) is 0.859. The Kier molecular flexibility index (Phi) is 5.27. The second-order valence-electron chi connectivity index (χ2n) is 6.90. The SMILES string of the molecule is CN(c1nc2oc(Cc3ccc(F)cc3)c(C(N)=O)c2cc1C(C)(F)F)S(C)(=O)=O. The van der Waals surface area contributed by atoms with Crippen LogP contribution in [0.3, 0.4) is 0 Å². The van der Waals surface area contributed by atoms with Gasteiger partial charge in [-0.05, 0) is 23.8 Å². The number of sulfonamides is 1. The van der Waals surface area contributed by atoms with Crippen molar-refractivity contribution < 1.29 is 30.8 Å². The van der Waals surface area contributed by atoms with Gasteiger partial charge in [-0.15, -0.1) is 0 Å². The van der Waals surface area contributed by atoms with E-state index in [1.54, 1.807) is 0 Å². The van der Waals surface area contributed by atoms with Crippen LogP contribution < -0.4 is 10.0 Å². The summed E-state index contributed by atoms with van der Waals surface area (Å²) in [6, 6.07) is 6.33. The monoisotopic (exact) mass is 441 g/mol. The molecule has 0 atom stereocenters. The van der Waals surface area contributed by atoms with Crippen molar-refractivity contribution in [3.63, 3.8) is 0 Å². The molecular weight excluding hydrogens is 423 g/mol. The highest BCUT2D eigenvalue weighted by molar-refractivity contribution is 7.92. The van der Waals surface area contributed by atoms with E-state index < -0.39 is 39.1 Å². The van der Waals surface area contributed by atoms with Gasteiger partial charge in [-0.1, -0.05) is 12.1 Å². The molecule has 11 heteroatoms. The summed E-state index contributed by atoms with van der Waals surface area (Å²) >= 11 is 0. The van der Waals surface area contributed by atoms with Crippen molar-refractivity contribution in [2.75, 3.05) is 17.6 Å². The number of furan rings is 1. The standard InChI is InChI=1S/C19H18F3N3O4S/c1-19(21,22)13-9-12-15(16(23)26)14(8-10-4-6-11(20)7-5-10)29-18(12)24-17(13)25(2)30(3,27)28/h4-7,9H,8H2,1-3H3,(H2,23,26). The van der Waals surface area contributed by atoms with E-state index in [9.17, 15) is 26.4 Å². The third-order valence-corrected chi connectivity index (χ3v) is 5.70. The average molecular weight is 441 g/mol. The Hall–Kier alpha value is -3.08. The van der Waals surface area contributed by atoms with E-state index in [-0.39, 0.29) is 28.8 Å². The minimum absolute atomic E-state index is 0.0179. The number of pyridine rings is 1. The smallest absolute Gasteiger partial charge is 0.274 e. The van der Waals surface area contributed by atoms with Crippen LogP contribution in [0, 0.1) is 5.82 Å². The van der Waals surface area contributed by atoms with Gasteiger partial charge in [0.15, 0.2) is 5.82 Å². The molecule has 0 fully saturated rings. The molecule has 30 heavy (non-hydrogen) atoms. The van der Waals surface area contributed by atoms with Gasteiger partial charge in [0.05, 0.1) is 22.8 Å². The quantitative estimate of drug-likeness (QED) is 0.632. The van der Waals surface area contributed by atoms with E-state index in [4.69, 9.17) is 10.2 Å². The molecular formula is C19H18F3N3O4S. The summed E-state index contributed by atoms with van der Waals surface area (Å²) in [5, 5.41) is -0.0678. The zero-order chi connectivity index (χ0) is 22.4. The van der Waals surface area contributed by atoms with E-state index in [1.165, 1.54) is 24.3 Å². The van der Waals surface area contributed by atoms with Crippen molar-refractivity contribution in [2.24, 2.45) is 5.73 Å². The largest absolute Gasteiger partial charge is 0.441 e. The molecule has 2 N–H and O–H groups in total. The van der Waals surface area contributed by atoms with Crippen LogP contribution in [0.4, 0.5) is 19.0 Å². The molecule has 0 aliphatic rings. The van der Waals surface area contributed by atoms with Crippen LogP contribution in [0.5, 0.6) is 0 Å². The number of nitrogens with two attached hydrogens (primary N) is 1. The molecule has 0 spiro atoms. The summed E-state index contributed by atoms with van der Waals surface area (Å²) in [6.45, 7) is 0.582. The molecule has 2 aromatic heterocycles. The van der Waals surface area contributed by atoms with E-state index in [1.807, 2.05) is 0 Å². The number of halogens is 3. The Morgan fingerprint density at radius 2 is 1.87 bits per heavy atom. The van der Waals surface area contributed by atoms with E-state index >= 15 is 0 Å². The predicted octanol–water partition coefficient (Wildman–Crippen LogP) is 3.16. The third kappa shape index (κ3) is 4.11. The summed E-state index contributed by atoms with van der Waals surface area (Å²) in [5.41, 5.74) is 4.94. The Bertz CT molecular complexity index is 1230. The molecule has 2 heterocycles. The van der Waals surface area contributed by atoms with Gasteiger partial charge >= 0.3 is 0 Å². The van der Waals surface area contributed by atoms with Crippen LogP contribution in [0.25, 0.3) is 11.1 Å². The molecule has 0 radical (unpaired) electrons. The van der Waals surface area contributed by atoms with Gasteiger partial charge in [-0.2, -0.15) is 4.98 Å². The lowest BCUT2D eigenvalue weighted by atomic mass is 10.0. The number of carbonyl (C=O) groups excluding carboxylic acids is 1. The van der Waals surface area contributed by atoms with Gasteiger partial charge < -0.3 is 10.2 Å². The minimum Gasteiger partial charge on any atom is -0.441 e. The number of rotatable bonds is 6. The van der Waals surface area contributed by atoms with Gasteiger partial charge in [-0.25, -0.2) is 21.6 Å². The zero-order valence-corrected chi connectivity index (χ0v) is 17.1. The van der Waals surface area contributed by atoms with Crippen molar-refractivity contribution in [3.8, 4) is 0 Å². The van der Waals surface area contributed by atoms with Gasteiger partial charge in [-0.3, -0.25) is 9.10 Å². The first-order valence-corrected chi connectivity index (χ1v) is 10.5. The van der Waals surface area contributed by atoms with Crippen LogP contribution in [0.1, 0.15) is 34.2 Å². The Balaban J connectivity index is 2.27. The van der Waals surface area contributed by atoms with Crippen LogP contribution in [-0.4, -0.2) is 32.6 Å². The van der Waals surface area contributed by atoms with Gasteiger partial charge in [0, 0.05) is 20.4 Å².